The van der Waals surface area contributed by atoms with Crippen LogP contribution in [0.25, 0.3) is 0 Å². The topological polar surface area (TPSA) is 43.9 Å². The fourth-order valence-corrected chi connectivity index (χ4v) is 3.79. The summed E-state index contributed by atoms with van der Waals surface area (Å²) in [7, 11) is 0. The van der Waals surface area contributed by atoms with Gasteiger partial charge in [-0.25, -0.2) is 0 Å². The van der Waals surface area contributed by atoms with Crippen LogP contribution in [-0.2, 0) is 9.59 Å². The normalized spacial score (nSPS) is 30.0. The van der Waals surface area contributed by atoms with E-state index in [4.69, 9.17) is 0 Å². The van der Waals surface area contributed by atoms with Gasteiger partial charge in [-0.3, -0.25) is 9.59 Å². The molecule has 0 aromatic rings. The molecule has 1 aliphatic carbocycles. The van der Waals surface area contributed by atoms with Gasteiger partial charge in [-0.05, 0) is 25.8 Å². The summed E-state index contributed by atoms with van der Waals surface area (Å²) in [5.74, 6) is 0.426. The first-order valence-electron chi connectivity index (χ1n) is 9.00. The maximum Gasteiger partial charge on any atom is 0.226 e. The van der Waals surface area contributed by atoms with Gasteiger partial charge in [0.2, 0.25) is 11.8 Å². The number of carbonyl (C=O) groups excluding carboxylic acids is 2. The monoisotopic (exact) mass is 307 g/mol. The molecule has 2 heterocycles. The van der Waals surface area contributed by atoms with E-state index in [1.807, 2.05) is 9.80 Å². The summed E-state index contributed by atoms with van der Waals surface area (Å²) in [6, 6.07) is 0. The Morgan fingerprint density at radius 1 is 0.773 bits per heavy atom. The number of hydrogen-bond donors (Lipinski definition) is 0. The van der Waals surface area contributed by atoms with Crippen molar-refractivity contribution in [1.29, 1.82) is 0 Å². The van der Waals surface area contributed by atoms with Crippen molar-refractivity contribution in [1.82, 2.24) is 14.7 Å². The number of carbonyl (C=O) groups is 2. The third-order valence-electron chi connectivity index (χ3n) is 5.47. The number of likely N-dealkylation sites (tertiary alicyclic amines) is 1. The van der Waals surface area contributed by atoms with E-state index in [9.17, 15) is 9.59 Å². The largest absolute Gasteiger partial charge is 0.342 e. The minimum absolute atomic E-state index is 0.0187. The van der Waals surface area contributed by atoms with E-state index in [-0.39, 0.29) is 23.7 Å². The molecule has 3 fully saturated rings. The zero-order chi connectivity index (χ0) is 15.5. The highest BCUT2D eigenvalue weighted by molar-refractivity contribution is 5.92. The van der Waals surface area contributed by atoms with Crippen LogP contribution >= 0.6 is 0 Å². The van der Waals surface area contributed by atoms with Gasteiger partial charge in [0.1, 0.15) is 0 Å². The van der Waals surface area contributed by atoms with E-state index >= 15 is 0 Å². The third kappa shape index (κ3) is 3.45. The van der Waals surface area contributed by atoms with Crippen LogP contribution in [0.4, 0.5) is 0 Å². The van der Waals surface area contributed by atoms with Crippen molar-refractivity contribution in [3.05, 3.63) is 0 Å². The lowest BCUT2D eigenvalue weighted by molar-refractivity contribution is -0.138. The van der Waals surface area contributed by atoms with E-state index in [2.05, 4.69) is 11.8 Å². The Labute approximate surface area is 133 Å². The number of nitrogens with zero attached hydrogens (tertiary/aromatic N) is 3. The molecule has 0 N–H and O–H groups in total. The van der Waals surface area contributed by atoms with Gasteiger partial charge in [-0.15, -0.1) is 0 Å². The molecule has 5 heteroatoms. The molecular formula is C17H29N3O2. The minimum atomic E-state index is -0.0241. The molecule has 3 rings (SSSR count). The Morgan fingerprint density at radius 2 is 1.27 bits per heavy atom. The van der Waals surface area contributed by atoms with Crippen molar-refractivity contribution in [2.45, 2.75) is 39.0 Å². The van der Waals surface area contributed by atoms with Crippen molar-refractivity contribution < 1.29 is 9.59 Å². The van der Waals surface area contributed by atoms with Crippen LogP contribution in [0.3, 0.4) is 0 Å². The molecule has 2 atom stereocenters. The van der Waals surface area contributed by atoms with Crippen molar-refractivity contribution >= 4 is 11.8 Å². The molecule has 2 amide bonds. The minimum Gasteiger partial charge on any atom is -0.342 e. The first-order chi connectivity index (χ1) is 10.7. The molecule has 0 spiro atoms. The molecule has 3 aliphatic rings. The van der Waals surface area contributed by atoms with Gasteiger partial charge < -0.3 is 14.7 Å². The van der Waals surface area contributed by atoms with Crippen LogP contribution in [0.2, 0.25) is 0 Å². The van der Waals surface area contributed by atoms with E-state index in [0.717, 1.165) is 65.1 Å². The van der Waals surface area contributed by atoms with Gasteiger partial charge in [0, 0.05) is 39.3 Å². The maximum atomic E-state index is 12.6. The summed E-state index contributed by atoms with van der Waals surface area (Å²) in [5, 5.41) is 0. The number of rotatable bonds is 3. The standard InChI is InChI=1S/C17H29N3O2/c1-2-18-9-11-20(12-10-18)17(22)15-13-14(15)16(21)19-7-5-3-4-6-8-19/h14-15H,2-13H2,1H3. The predicted octanol–water partition coefficient (Wildman–Crippen LogP) is 1.19. The SMILES string of the molecule is CCN1CCN(C(=O)C2CC2C(=O)N2CCCCCC2)CC1. The summed E-state index contributed by atoms with van der Waals surface area (Å²) in [5.41, 5.74) is 0. The second-order valence-corrected chi connectivity index (χ2v) is 6.95. The van der Waals surface area contributed by atoms with E-state index in [1.54, 1.807) is 0 Å². The molecular weight excluding hydrogens is 278 g/mol. The number of hydrogen-bond acceptors (Lipinski definition) is 3. The lowest BCUT2D eigenvalue weighted by Crippen LogP contribution is -2.49. The van der Waals surface area contributed by atoms with E-state index in [1.165, 1.54) is 12.8 Å². The van der Waals surface area contributed by atoms with Crippen LogP contribution in [0.15, 0.2) is 0 Å². The summed E-state index contributed by atoms with van der Waals surface area (Å²) < 4.78 is 0. The summed E-state index contributed by atoms with van der Waals surface area (Å²) >= 11 is 0. The average molecular weight is 307 g/mol. The molecule has 2 unspecified atom stereocenters. The molecule has 124 valence electrons. The van der Waals surface area contributed by atoms with Gasteiger partial charge >= 0.3 is 0 Å². The van der Waals surface area contributed by atoms with Crippen LogP contribution in [0.1, 0.15) is 39.0 Å². The van der Waals surface area contributed by atoms with E-state index in [0.29, 0.717) is 0 Å². The predicted molar refractivity (Wildman–Crippen MR) is 85.3 cm³/mol. The number of likely N-dealkylation sites (N-methyl/N-ethyl adjacent to an activating group) is 1. The fraction of sp³-hybridized carbons (Fsp3) is 0.882. The zero-order valence-corrected chi connectivity index (χ0v) is 13.8. The molecule has 1 saturated carbocycles. The van der Waals surface area contributed by atoms with Gasteiger partial charge in [0.15, 0.2) is 0 Å². The smallest absolute Gasteiger partial charge is 0.226 e. The molecule has 0 bridgehead atoms. The Hall–Kier alpha value is -1.10. The van der Waals surface area contributed by atoms with Crippen LogP contribution < -0.4 is 0 Å². The molecule has 2 saturated heterocycles. The van der Waals surface area contributed by atoms with E-state index < -0.39 is 0 Å². The quantitative estimate of drug-likeness (QED) is 0.787. The van der Waals surface area contributed by atoms with Crippen LogP contribution in [-0.4, -0.2) is 72.3 Å². The highest BCUT2D eigenvalue weighted by Crippen LogP contribution is 2.41. The van der Waals surface area contributed by atoms with Crippen molar-refractivity contribution in [2.24, 2.45) is 11.8 Å². The Bertz CT molecular complexity index is 410. The first kappa shape index (κ1) is 15.8. The first-order valence-corrected chi connectivity index (χ1v) is 9.00. The molecule has 0 aromatic carbocycles. The van der Waals surface area contributed by atoms with Crippen molar-refractivity contribution in [2.75, 3.05) is 45.8 Å². The Kier molecular flexibility index (Phi) is 5.01. The average Bonchev–Trinajstić information content (AvgIpc) is 3.37. The Balaban J connectivity index is 1.48. The van der Waals surface area contributed by atoms with Crippen molar-refractivity contribution in [3.8, 4) is 0 Å². The molecule has 0 aromatic heterocycles. The zero-order valence-electron chi connectivity index (χ0n) is 13.8. The second kappa shape index (κ2) is 6.99. The molecule has 22 heavy (non-hydrogen) atoms. The van der Waals surface area contributed by atoms with Crippen molar-refractivity contribution in [3.63, 3.8) is 0 Å². The lowest BCUT2D eigenvalue weighted by Gasteiger charge is -2.34. The third-order valence-corrected chi connectivity index (χ3v) is 5.47. The van der Waals surface area contributed by atoms with Crippen LogP contribution in [0, 0.1) is 11.8 Å². The summed E-state index contributed by atoms with van der Waals surface area (Å²) in [4.78, 5) is 31.5. The number of piperazine rings is 1. The summed E-state index contributed by atoms with van der Waals surface area (Å²) in [6.45, 7) is 8.60. The van der Waals surface area contributed by atoms with Crippen LogP contribution in [0.5, 0.6) is 0 Å². The molecule has 0 radical (unpaired) electrons. The fourth-order valence-electron chi connectivity index (χ4n) is 3.79. The highest BCUT2D eigenvalue weighted by Gasteiger charge is 2.50. The number of amides is 2. The van der Waals surface area contributed by atoms with Gasteiger partial charge in [-0.1, -0.05) is 19.8 Å². The van der Waals surface area contributed by atoms with Gasteiger partial charge in [0.05, 0.1) is 11.8 Å². The second-order valence-electron chi connectivity index (χ2n) is 6.95. The highest BCUT2D eigenvalue weighted by atomic mass is 16.2. The molecule has 2 aliphatic heterocycles. The maximum absolute atomic E-state index is 12.6. The lowest BCUT2D eigenvalue weighted by atomic mass is 10.2. The van der Waals surface area contributed by atoms with Gasteiger partial charge in [-0.2, -0.15) is 0 Å². The Morgan fingerprint density at radius 3 is 1.77 bits per heavy atom. The van der Waals surface area contributed by atoms with Gasteiger partial charge in [0.25, 0.3) is 0 Å². The summed E-state index contributed by atoms with van der Waals surface area (Å²) in [6.07, 6.45) is 5.49. The molecule has 5 nitrogen and oxygen atoms in total.